The molecule has 0 aliphatic carbocycles. The minimum atomic E-state index is -0.821. The lowest BCUT2D eigenvalue weighted by molar-refractivity contribution is -0.141. The van der Waals surface area contributed by atoms with E-state index in [0.717, 1.165) is 13.1 Å². The van der Waals surface area contributed by atoms with Gasteiger partial charge in [-0.1, -0.05) is 13.8 Å². The highest BCUT2D eigenvalue weighted by Gasteiger charge is 2.34. The van der Waals surface area contributed by atoms with E-state index < -0.39 is 5.54 Å². The summed E-state index contributed by atoms with van der Waals surface area (Å²) in [6, 6.07) is 0. The zero-order valence-electron chi connectivity index (χ0n) is 11.2. The second-order valence-electron chi connectivity index (χ2n) is 5.31. The highest BCUT2D eigenvalue weighted by Crippen LogP contribution is 2.10. The van der Waals surface area contributed by atoms with Gasteiger partial charge in [0.2, 0.25) is 11.8 Å². The number of hydrogen-bond acceptors (Lipinski definition) is 3. The number of nitrogens with zero attached hydrogens (tertiary/aromatic N) is 1. The van der Waals surface area contributed by atoms with Crippen LogP contribution in [-0.4, -0.2) is 48.4 Å². The first-order valence-electron chi connectivity index (χ1n) is 6.16. The molecule has 1 aliphatic rings. The monoisotopic (exact) mass is 241 g/mol. The number of carbonyl (C=O) groups is 2. The van der Waals surface area contributed by atoms with E-state index in [4.69, 9.17) is 0 Å². The molecule has 0 aromatic rings. The van der Waals surface area contributed by atoms with Gasteiger partial charge >= 0.3 is 0 Å². The maximum atomic E-state index is 12.3. The maximum Gasteiger partial charge on any atom is 0.247 e. The molecule has 17 heavy (non-hydrogen) atoms. The van der Waals surface area contributed by atoms with Crippen molar-refractivity contribution in [3.63, 3.8) is 0 Å². The van der Waals surface area contributed by atoms with E-state index >= 15 is 0 Å². The van der Waals surface area contributed by atoms with Crippen LogP contribution in [0.15, 0.2) is 0 Å². The summed E-state index contributed by atoms with van der Waals surface area (Å²) in [6.07, 6.45) is 0. The molecule has 1 heterocycles. The Kier molecular flexibility index (Phi) is 4.51. The molecule has 1 fully saturated rings. The molecule has 0 aromatic heterocycles. The Bertz CT molecular complexity index is 294. The molecule has 0 bridgehead atoms. The molecule has 1 aliphatic heterocycles. The smallest absolute Gasteiger partial charge is 0.247 e. The van der Waals surface area contributed by atoms with Gasteiger partial charge in [0, 0.05) is 32.1 Å². The van der Waals surface area contributed by atoms with E-state index in [0.29, 0.717) is 13.1 Å². The Hall–Kier alpha value is -1.10. The van der Waals surface area contributed by atoms with Gasteiger partial charge in [-0.2, -0.15) is 0 Å². The van der Waals surface area contributed by atoms with Crippen molar-refractivity contribution in [1.82, 2.24) is 15.5 Å². The van der Waals surface area contributed by atoms with Crippen molar-refractivity contribution < 1.29 is 9.59 Å². The van der Waals surface area contributed by atoms with Crippen LogP contribution < -0.4 is 10.6 Å². The van der Waals surface area contributed by atoms with Crippen molar-refractivity contribution in [2.24, 2.45) is 5.92 Å². The summed E-state index contributed by atoms with van der Waals surface area (Å²) in [7, 11) is 0. The third-order valence-corrected chi connectivity index (χ3v) is 2.90. The summed E-state index contributed by atoms with van der Waals surface area (Å²) < 4.78 is 0. The maximum absolute atomic E-state index is 12.3. The lowest BCUT2D eigenvalue weighted by Crippen LogP contribution is -2.59. The molecule has 0 unspecified atom stereocenters. The van der Waals surface area contributed by atoms with Crippen molar-refractivity contribution in [3.8, 4) is 0 Å². The van der Waals surface area contributed by atoms with Crippen LogP contribution in [0.5, 0.6) is 0 Å². The predicted molar refractivity (Wildman–Crippen MR) is 66.5 cm³/mol. The summed E-state index contributed by atoms with van der Waals surface area (Å²) in [5.41, 5.74) is -0.821. The summed E-state index contributed by atoms with van der Waals surface area (Å²) in [5, 5.41) is 6.00. The molecule has 0 spiro atoms. The fourth-order valence-corrected chi connectivity index (χ4v) is 1.77. The SMILES string of the molecule is CC(C)C(=O)NC(C)(C)C(=O)N1CCNCC1. The largest absolute Gasteiger partial charge is 0.342 e. The zero-order chi connectivity index (χ0) is 13.1. The van der Waals surface area contributed by atoms with Gasteiger partial charge in [-0.25, -0.2) is 0 Å². The Morgan fingerprint density at radius 1 is 1.24 bits per heavy atom. The average molecular weight is 241 g/mol. The van der Waals surface area contributed by atoms with Crippen molar-refractivity contribution >= 4 is 11.8 Å². The number of hydrogen-bond donors (Lipinski definition) is 2. The quantitative estimate of drug-likeness (QED) is 0.729. The molecule has 5 nitrogen and oxygen atoms in total. The van der Waals surface area contributed by atoms with Gasteiger partial charge in [0.25, 0.3) is 0 Å². The van der Waals surface area contributed by atoms with Gasteiger partial charge in [-0.15, -0.1) is 0 Å². The van der Waals surface area contributed by atoms with Crippen molar-refractivity contribution in [1.29, 1.82) is 0 Å². The number of carbonyl (C=O) groups excluding carboxylic acids is 2. The van der Waals surface area contributed by atoms with Crippen LogP contribution in [0, 0.1) is 5.92 Å². The van der Waals surface area contributed by atoms with Crippen LogP contribution in [-0.2, 0) is 9.59 Å². The Morgan fingerprint density at radius 3 is 2.24 bits per heavy atom. The normalized spacial score (nSPS) is 17.1. The van der Waals surface area contributed by atoms with Gasteiger partial charge in [0.05, 0.1) is 0 Å². The number of nitrogens with one attached hydrogen (secondary N) is 2. The molecule has 5 heteroatoms. The molecule has 2 amide bonds. The van der Waals surface area contributed by atoms with E-state index in [9.17, 15) is 9.59 Å². The van der Waals surface area contributed by atoms with Crippen molar-refractivity contribution in [3.05, 3.63) is 0 Å². The van der Waals surface area contributed by atoms with E-state index in [1.165, 1.54) is 0 Å². The lowest BCUT2D eigenvalue weighted by atomic mass is 10.0. The molecular weight excluding hydrogens is 218 g/mol. The number of amides is 2. The number of rotatable bonds is 3. The number of piperazine rings is 1. The zero-order valence-corrected chi connectivity index (χ0v) is 11.2. The highest BCUT2D eigenvalue weighted by molar-refractivity contribution is 5.91. The first-order chi connectivity index (χ1) is 7.84. The van der Waals surface area contributed by atoms with E-state index in [1.54, 1.807) is 18.7 Å². The molecule has 2 N–H and O–H groups in total. The molecule has 0 aromatic carbocycles. The summed E-state index contributed by atoms with van der Waals surface area (Å²) >= 11 is 0. The third kappa shape index (κ3) is 3.70. The lowest BCUT2D eigenvalue weighted by Gasteiger charge is -2.35. The molecule has 98 valence electrons. The minimum Gasteiger partial charge on any atom is -0.342 e. The molecule has 1 rings (SSSR count). The predicted octanol–water partition coefficient (Wildman–Crippen LogP) is -0.0310. The summed E-state index contributed by atoms with van der Waals surface area (Å²) in [6.45, 7) is 10.2. The molecule has 0 atom stereocenters. The van der Waals surface area contributed by atoms with Gasteiger partial charge in [-0.05, 0) is 13.8 Å². The topological polar surface area (TPSA) is 61.4 Å². The summed E-state index contributed by atoms with van der Waals surface area (Å²) in [4.78, 5) is 25.7. The van der Waals surface area contributed by atoms with Crippen LogP contribution in [0.25, 0.3) is 0 Å². The minimum absolute atomic E-state index is 0.00648. The van der Waals surface area contributed by atoms with Gasteiger partial charge < -0.3 is 15.5 Å². The Morgan fingerprint density at radius 2 is 1.76 bits per heavy atom. The first kappa shape index (κ1) is 14.0. The van der Waals surface area contributed by atoms with E-state index in [2.05, 4.69) is 10.6 Å². The summed E-state index contributed by atoms with van der Waals surface area (Å²) in [5.74, 6) is -0.198. The van der Waals surface area contributed by atoms with Gasteiger partial charge in [-0.3, -0.25) is 9.59 Å². The average Bonchev–Trinajstić information content (AvgIpc) is 2.28. The van der Waals surface area contributed by atoms with Crippen LogP contribution in [0.2, 0.25) is 0 Å². The molecular formula is C12H23N3O2. The van der Waals surface area contributed by atoms with Crippen molar-refractivity contribution in [2.45, 2.75) is 33.2 Å². The van der Waals surface area contributed by atoms with Crippen LogP contribution in [0.3, 0.4) is 0 Å². The van der Waals surface area contributed by atoms with Crippen LogP contribution in [0.4, 0.5) is 0 Å². The van der Waals surface area contributed by atoms with Crippen molar-refractivity contribution in [2.75, 3.05) is 26.2 Å². The molecule has 1 saturated heterocycles. The van der Waals surface area contributed by atoms with Gasteiger partial charge in [0.15, 0.2) is 0 Å². The van der Waals surface area contributed by atoms with E-state index in [-0.39, 0.29) is 17.7 Å². The Labute approximate surface area is 103 Å². The second kappa shape index (κ2) is 5.49. The van der Waals surface area contributed by atoms with Gasteiger partial charge in [0.1, 0.15) is 5.54 Å². The highest BCUT2D eigenvalue weighted by atomic mass is 16.2. The van der Waals surface area contributed by atoms with Crippen LogP contribution >= 0.6 is 0 Å². The first-order valence-corrected chi connectivity index (χ1v) is 6.16. The van der Waals surface area contributed by atoms with Crippen LogP contribution in [0.1, 0.15) is 27.7 Å². The third-order valence-electron chi connectivity index (χ3n) is 2.90. The fourth-order valence-electron chi connectivity index (χ4n) is 1.77. The molecule has 0 saturated carbocycles. The fraction of sp³-hybridized carbons (Fsp3) is 0.833. The Balaban J connectivity index is 2.61. The standard InChI is InChI=1S/C12H23N3O2/c1-9(2)10(16)14-12(3,4)11(17)15-7-5-13-6-8-15/h9,13H,5-8H2,1-4H3,(H,14,16). The second-order valence-corrected chi connectivity index (χ2v) is 5.31. The molecule has 0 radical (unpaired) electrons. The van der Waals surface area contributed by atoms with E-state index in [1.807, 2.05) is 13.8 Å².